The van der Waals surface area contributed by atoms with E-state index in [2.05, 4.69) is 10.6 Å². The van der Waals surface area contributed by atoms with E-state index in [4.69, 9.17) is 4.74 Å². The molecular formula is C14H25N3O2. The zero-order valence-corrected chi connectivity index (χ0v) is 11.6. The van der Waals surface area contributed by atoms with Crippen LogP contribution >= 0.6 is 0 Å². The van der Waals surface area contributed by atoms with Crippen LogP contribution in [-0.2, 0) is 4.74 Å². The summed E-state index contributed by atoms with van der Waals surface area (Å²) in [6.07, 6.45) is 4.56. The largest absolute Gasteiger partial charge is 0.381 e. The van der Waals surface area contributed by atoms with Crippen molar-refractivity contribution in [1.82, 2.24) is 15.5 Å². The number of carbonyl (C=O) groups excluding carboxylic acids is 1. The van der Waals surface area contributed by atoms with Crippen molar-refractivity contribution in [2.75, 3.05) is 45.9 Å². The van der Waals surface area contributed by atoms with E-state index in [0.717, 1.165) is 71.6 Å². The first-order valence-electron chi connectivity index (χ1n) is 7.61. The number of rotatable bonds is 2. The van der Waals surface area contributed by atoms with E-state index in [1.54, 1.807) is 0 Å². The fourth-order valence-corrected chi connectivity index (χ4v) is 3.75. The minimum atomic E-state index is 0.131. The third kappa shape index (κ3) is 2.72. The van der Waals surface area contributed by atoms with Gasteiger partial charge in [0.05, 0.1) is 0 Å². The van der Waals surface area contributed by atoms with Gasteiger partial charge >= 0.3 is 6.03 Å². The molecule has 0 radical (unpaired) electrons. The smallest absolute Gasteiger partial charge is 0.317 e. The quantitative estimate of drug-likeness (QED) is 0.778. The lowest BCUT2D eigenvalue weighted by atomic mass is 9.72. The molecule has 1 atom stereocenters. The highest BCUT2D eigenvalue weighted by molar-refractivity contribution is 5.74. The van der Waals surface area contributed by atoms with Crippen LogP contribution in [0.15, 0.2) is 0 Å². The van der Waals surface area contributed by atoms with Crippen molar-refractivity contribution in [3.05, 3.63) is 0 Å². The molecule has 2 amide bonds. The van der Waals surface area contributed by atoms with Gasteiger partial charge in [-0.1, -0.05) is 0 Å². The average molecular weight is 267 g/mol. The number of nitrogens with one attached hydrogen (secondary N) is 2. The van der Waals surface area contributed by atoms with Crippen LogP contribution in [0.5, 0.6) is 0 Å². The van der Waals surface area contributed by atoms with Gasteiger partial charge in [-0.05, 0) is 37.0 Å². The number of likely N-dealkylation sites (tertiary alicyclic amines) is 1. The molecule has 1 spiro atoms. The van der Waals surface area contributed by atoms with Crippen molar-refractivity contribution >= 4 is 6.03 Å². The highest BCUT2D eigenvalue weighted by Crippen LogP contribution is 2.40. The molecule has 3 fully saturated rings. The van der Waals surface area contributed by atoms with Gasteiger partial charge in [0.1, 0.15) is 0 Å². The van der Waals surface area contributed by atoms with Crippen LogP contribution in [0.1, 0.15) is 25.7 Å². The first-order chi connectivity index (χ1) is 9.30. The maximum Gasteiger partial charge on any atom is 0.317 e. The molecule has 0 saturated carbocycles. The molecule has 5 heteroatoms. The van der Waals surface area contributed by atoms with Crippen molar-refractivity contribution in [3.63, 3.8) is 0 Å². The predicted octanol–water partition coefficient (Wildman–Crippen LogP) is 0.808. The second-order valence-corrected chi connectivity index (χ2v) is 6.18. The monoisotopic (exact) mass is 267 g/mol. The maximum absolute atomic E-state index is 12.0. The summed E-state index contributed by atoms with van der Waals surface area (Å²) in [7, 11) is 0. The van der Waals surface area contributed by atoms with E-state index in [1.165, 1.54) is 0 Å². The molecule has 5 nitrogen and oxygen atoms in total. The summed E-state index contributed by atoms with van der Waals surface area (Å²) < 4.78 is 5.49. The summed E-state index contributed by atoms with van der Waals surface area (Å²) in [6, 6.07) is 0.131. The van der Waals surface area contributed by atoms with Crippen molar-refractivity contribution in [2.45, 2.75) is 25.7 Å². The van der Waals surface area contributed by atoms with Gasteiger partial charge in [-0.15, -0.1) is 0 Å². The Morgan fingerprint density at radius 3 is 2.79 bits per heavy atom. The summed E-state index contributed by atoms with van der Waals surface area (Å²) in [4.78, 5) is 14.0. The van der Waals surface area contributed by atoms with Crippen molar-refractivity contribution in [2.24, 2.45) is 11.3 Å². The van der Waals surface area contributed by atoms with E-state index < -0.39 is 0 Å². The maximum atomic E-state index is 12.0. The number of hydrogen-bond acceptors (Lipinski definition) is 3. The molecule has 3 rings (SSSR count). The number of ether oxygens (including phenoxy) is 1. The third-order valence-electron chi connectivity index (χ3n) is 5.12. The Morgan fingerprint density at radius 2 is 2.05 bits per heavy atom. The van der Waals surface area contributed by atoms with Gasteiger partial charge in [-0.3, -0.25) is 0 Å². The normalized spacial score (nSPS) is 29.9. The van der Waals surface area contributed by atoms with Crippen LogP contribution in [-0.4, -0.2) is 56.9 Å². The highest BCUT2D eigenvalue weighted by atomic mass is 16.5. The molecule has 19 heavy (non-hydrogen) atoms. The van der Waals surface area contributed by atoms with Gasteiger partial charge in [-0.2, -0.15) is 0 Å². The Balaban J connectivity index is 1.52. The Kier molecular flexibility index (Phi) is 3.93. The topological polar surface area (TPSA) is 53.6 Å². The standard InChI is InChI=1S/C14H25N3O2/c18-13(17-5-1-2-6-17)16-10-12-9-15-11-14(12)3-7-19-8-4-14/h12,15H,1-11H2,(H,16,18)/t12-/m0/s1. The van der Waals surface area contributed by atoms with Gasteiger partial charge in [0.25, 0.3) is 0 Å². The van der Waals surface area contributed by atoms with Crippen molar-refractivity contribution in [3.8, 4) is 0 Å². The molecule has 0 aromatic rings. The molecule has 0 aromatic carbocycles. The average Bonchev–Trinajstić information content (AvgIpc) is 3.08. The summed E-state index contributed by atoms with van der Waals surface area (Å²) in [5, 5.41) is 6.65. The molecule has 3 saturated heterocycles. The number of carbonyl (C=O) groups is 1. The first kappa shape index (κ1) is 13.2. The Labute approximate surface area is 115 Å². The Morgan fingerprint density at radius 1 is 1.32 bits per heavy atom. The van der Waals surface area contributed by atoms with Crippen molar-refractivity contribution < 1.29 is 9.53 Å². The Hall–Kier alpha value is -0.810. The summed E-state index contributed by atoms with van der Waals surface area (Å²) in [5.74, 6) is 0.558. The highest BCUT2D eigenvalue weighted by Gasteiger charge is 2.43. The molecular weight excluding hydrogens is 242 g/mol. The molecule has 2 N–H and O–H groups in total. The first-order valence-corrected chi connectivity index (χ1v) is 7.61. The van der Waals surface area contributed by atoms with Gasteiger partial charge in [0, 0.05) is 45.9 Å². The van der Waals surface area contributed by atoms with Crippen LogP contribution in [0.3, 0.4) is 0 Å². The van der Waals surface area contributed by atoms with Gasteiger partial charge in [0.2, 0.25) is 0 Å². The summed E-state index contributed by atoms with van der Waals surface area (Å²) >= 11 is 0. The van der Waals surface area contributed by atoms with E-state index in [9.17, 15) is 4.79 Å². The van der Waals surface area contributed by atoms with E-state index in [-0.39, 0.29) is 6.03 Å². The van der Waals surface area contributed by atoms with Gasteiger partial charge in [0.15, 0.2) is 0 Å². The third-order valence-corrected chi connectivity index (χ3v) is 5.12. The molecule has 3 heterocycles. The van der Waals surface area contributed by atoms with Crippen LogP contribution in [0, 0.1) is 11.3 Å². The summed E-state index contributed by atoms with van der Waals surface area (Å²) in [5.41, 5.74) is 0.358. The van der Waals surface area contributed by atoms with E-state index >= 15 is 0 Å². The minimum absolute atomic E-state index is 0.131. The number of urea groups is 1. The lowest BCUT2D eigenvalue weighted by Crippen LogP contribution is -2.45. The lowest BCUT2D eigenvalue weighted by Gasteiger charge is -2.38. The number of nitrogens with zero attached hydrogens (tertiary/aromatic N) is 1. The van der Waals surface area contributed by atoms with Gasteiger partial charge < -0.3 is 20.3 Å². The summed E-state index contributed by atoms with van der Waals surface area (Å²) in [6.45, 7) is 6.52. The second-order valence-electron chi connectivity index (χ2n) is 6.18. The molecule has 0 aliphatic carbocycles. The fraction of sp³-hybridized carbons (Fsp3) is 0.929. The lowest BCUT2D eigenvalue weighted by molar-refractivity contribution is 0.00316. The van der Waals surface area contributed by atoms with E-state index in [0.29, 0.717) is 11.3 Å². The number of hydrogen-bond donors (Lipinski definition) is 2. The van der Waals surface area contributed by atoms with Gasteiger partial charge in [-0.25, -0.2) is 4.79 Å². The fourth-order valence-electron chi connectivity index (χ4n) is 3.75. The van der Waals surface area contributed by atoms with Crippen LogP contribution in [0.4, 0.5) is 4.79 Å². The van der Waals surface area contributed by atoms with Crippen LogP contribution in [0.25, 0.3) is 0 Å². The zero-order chi connectivity index (χ0) is 13.1. The molecule has 108 valence electrons. The predicted molar refractivity (Wildman–Crippen MR) is 73.1 cm³/mol. The SMILES string of the molecule is O=C(NC[C@@H]1CNCC12CCOCC2)N1CCCC1. The second kappa shape index (κ2) is 5.67. The zero-order valence-electron chi connectivity index (χ0n) is 11.6. The van der Waals surface area contributed by atoms with Crippen LogP contribution in [0.2, 0.25) is 0 Å². The molecule has 0 unspecified atom stereocenters. The molecule has 3 aliphatic rings. The van der Waals surface area contributed by atoms with Crippen molar-refractivity contribution in [1.29, 1.82) is 0 Å². The Bertz CT molecular complexity index is 323. The number of amides is 2. The molecule has 0 aromatic heterocycles. The minimum Gasteiger partial charge on any atom is -0.381 e. The molecule has 0 bridgehead atoms. The van der Waals surface area contributed by atoms with Crippen LogP contribution < -0.4 is 10.6 Å². The van der Waals surface area contributed by atoms with E-state index in [1.807, 2.05) is 4.90 Å². The molecule has 3 aliphatic heterocycles.